The molecular formula is C16H28N2O4. The fraction of sp³-hybridized carbons (Fsp3) is 0.875. The summed E-state index contributed by atoms with van der Waals surface area (Å²) in [6, 6.07) is 0. The third-order valence-electron chi connectivity index (χ3n) is 4.23. The zero-order valence-electron chi connectivity index (χ0n) is 13.4. The summed E-state index contributed by atoms with van der Waals surface area (Å²) in [5.41, 5.74) is 0. The van der Waals surface area contributed by atoms with Crippen molar-refractivity contribution < 1.29 is 19.1 Å². The third-order valence-corrected chi connectivity index (χ3v) is 4.23. The molecule has 6 heteroatoms. The molecule has 6 nitrogen and oxygen atoms in total. The zero-order valence-corrected chi connectivity index (χ0v) is 13.4. The van der Waals surface area contributed by atoms with Gasteiger partial charge in [0.2, 0.25) is 11.8 Å². The Hall–Kier alpha value is -1.14. The second kappa shape index (κ2) is 9.79. The number of carbonyl (C=O) groups is 2. The van der Waals surface area contributed by atoms with E-state index in [9.17, 15) is 9.59 Å². The van der Waals surface area contributed by atoms with Crippen LogP contribution >= 0.6 is 0 Å². The van der Waals surface area contributed by atoms with E-state index in [0.29, 0.717) is 52.4 Å². The van der Waals surface area contributed by atoms with E-state index >= 15 is 0 Å². The standard InChI is InChI=1S/C16H28N2O4/c19-15-5-2-1-3-7-17(15)9-11-21-13-14-22-12-10-18-8-4-6-16(18)20/h1-14H2. The van der Waals surface area contributed by atoms with Crippen LogP contribution in [0.5, 0.6) is 0 Å². The quantitative estimate of drug-likeness (QED) is 0.597. The van der Waals surface area contributed by atoms with Gasteiger partial charge in [-0.1, -0.05) is 6.42 Å². The van der Waals surface area contributed by atoms with E-state index in [2.05, 4.69) is 0 Å². The number of likely N-dealkylation sites (tertiary alicyclic amines) is 2. The molecule has 0 aromatic heterocycles. The lowest BCUT2D eigenvalue weighted by Gasteiger charge is -2.20. The van der Waals surface area contributed by atoms with E-state index in [-0.39, 0.29) is 11.8 Å². The molecule has 0 saturated carbocycles. The van der Waals surface area contributed by atoms with Crippen LogP contribution in [-0.4, -0.2) is 74.2 Å². The molecule has 2 aliphatic heterocycles. The molecule has 2 aliphatic rings. The maximum atomic E-state index is 11.8. The van der Waals surface area contributed by atoms with Gasteiger partial charge in [0.25, 0.3) is 0 Å². The summed E-state index contributed by atoms with van der Waals surface area (Å²) in [6.45, 7) is 5.30. The van der Waals surface area contributed by atoms with E-state index in [1.165, 1.54) is 0 Å². The Balaban J connectivity index is 1.42. The summed E-state index contributed by atoms with van der Waals surface area (Å²) < 4.78 is 11.0. The monoisotopic (exact) mass is 312 g/mol. The Bertz CT molecular complexity index is 362. The maximum Gasteiger partial charge on any atom is 0.222 e. The Labute approximate surface area is 132 Å². The first-order valence-electron chi connectivity index (χ1n) is 8.48. The van der Waals surface area contributed by atoms with Crippen molar-refractivity contribution in [3.8, 4) is 0 Å². The summed E-state index contributed by atoms with van der Waals surface area (Å²) >= 11 is 0. The molecule has 0 aromatic carbocycles. The van der Waals surface area contributed by atoms with Crippen LogP contribution in [0.25, 0.3) is 0 Å². The molecule has 126 valence electrons. The summed E-state index contributed by atoms with van der Waals surface area (Å²) in [6.07, 6.45) is 5.60. The first kappa shape index (κ1) is 17.2. The van der Waals surface area contributed by atoms with Crippen LogP contribution in [0.1, 0.15) is 38.5 Å². The van der Waals surface area contributed by atoms with Crippen molar-refractivity contribution in [3.63, 3.8) is 0 Å². The van der Waals surface area contributed by atoms with Gasteiger partial charge in [0.1, 0.15) is 0 Å². The van der Waals surface area contributed by atoms with E-state index in [4.69, 9.17) is 9.47 Å². The Morgan fingerprint density at radius 1 is 0.682 bits per heavy atom. The van der Waals surface area contributed by atoms with Gasteiger partial charge >= 0.3 is 0 Å². The highest BCUT2D eigenvalue weighted by Crippen LogP contribution is 2.10. The minimum absolute atomic E-state index is 0.238. The lowest BCUT2D eigenvalue weighted by Crippen LogP contribution is -2.33. The molecule has 2 saturated heterocycles. The molecule has 0 aliphatic carbocycles. The largest absolute Gasteiger partial charge is 0.377 e. The molecule has 2 amide bonds. The molecule has 0 atom stereocenters. The van der Waals surface area contributed by atoms with Crippen molar-refractivity contribution in [2.24, 2.45) is 0 Å². The number of ether oxygens (including phenoxy) is 2. The van der Waals surface area contributed by atoms with Crippen molar-refractivity contribution in [1.82, 2.24) is 9.80 Å². The van der Waals surface area contributed by atoms with Gasteiger partial charge in [0.15, 0.2) is 0 Å². The summed E-state index contributed by atoms with van der Waals surface area (Å²) in [4.78, 5) is 26.9. The van der Waals surface area contributed by atoms with E-state index in [0.717, 1.165) is 38.8 Å². The smallest absolute Gasteiger partial charge is 0.222 e. The number of amides is 2. The lowest BCUT2D eigenvalue weighted by molar-refractivity contribution is -0.131. The minimum atomic E-state index is 0.238. The molecule has 2 rings (SSSR count). The second-order valence-electron chi connectivity index (χ2n) is 5.90. The molecule has 0 bridgehead atoms. The Kier molecular flexibility index (Phi) is 7.66. The predicted molar refractivity (Wildman–Crippen MR) is 82.5 cm³/mol. The Morgan fingerprint density at radius 3 is 1.77 bits per heavy atom. The van der Waals surface area contributed by atoms with Crippen LogP contribution in [-0.2, 0) is 19.1 Å². The van der Waals surface area contributed by atoms with Crippen molar-refractivity contribution in [1.29, 1.82) is 0 Å². The number of hydrogen-bond acceptors (Lipinski definition) is 4. The van der Waals surface area contributed by atoms with E-state index in [1.54, 1.807) is 0 Å². The van der Waals surface area contributed by atoms with Gasteiger partial charge in [-0.3, -0.25) is 9.59 Å². The molecule has 0 spiro atoms. The minimum Gasteiger partial charge on any atom is -0.377 e. The SMILES string of the molecule is O=C1CCCCCN1CCOCCOCCN1CCCC1=O. The molecule has 0 radical (unpaired) electrons. The average Bonchev–Trinajstić information content (AvgIpc) is 2.80. The van der Waals surface area contributed by atoms with Gasteiger partial charge in [-0.25, -0.2) is 0 Å². The van der Waals surface area contributed by atoms with Crippen molar-refractivity contribution >= 4 is 11.8 Å². The normalized spacial score (nSPS) is 19.8. The molecule has 22 heavy (non-hydrogen) atoms. The van der Waals surface area contributed by atoms with Crippen LogP contribution in [0, 0.1) is 0 Å². The van der Waals surface area contributed by atoms with Gasteiger partial charge in [-0.15, -0.1) is 0 Å². The first-order chi connectivity index (χ1) is 10.8. The van der Waals surface area contributed by atoms with Gasteiger partial charge in [0, 0.05) is 39.0 Å². The maximum absolute atomic E-state index is 11.8. The van der Waals surface area contributed by atoms with Crippen molar-refractivity contribution in [2.75, 3.05) is 52.6 Å². The van der Waals surface area contributed by atoms with Gasteiger partial charge < -0.3 is 19.3 Å². The number of nitrogens with zero attached hydrogens (tertiary/aromatic N) is 2. The van der Waals surface area contributed by atoms with Gasteiger partial charge in [-0.2, -0.15) is 0 Å². The Morgan fingerprint density at radius 2 is 1.23 bits per heavy atom. The highest BCUT2D eigenvalue weighted by Gasteiger charge is 2.19. The molecule has 0 N–H and O–H groups in total. The highest BCUT2D eigenvalue weighted by molar-refractivity contribution is 5.78. The molecule has 2 fully saturated rings. The van der Waals surface area contributed by atoms with Crippen LogP contribution in [0.4, 0.5) is 0 Å². The second-order valence-corrected chi connectivity index (χ2v) is 5.90. The van der Waals surface area contributed by atoms with Crippen LogP contribution in [0.2, 0.25) is 0 Å². The van der Waals surface area contributed by atoms with Crippen LogP contribution < -0.4 is 0 Å². The molecule has 0 aromatic rings. The number of rotatable bonds is 9. The van der Waals surface area contributed by atoms with Crippen LogP contribution in [0.15, 0.2) is 0 Å². The third kappa shape index (κ3) is 5.93. The average molecular weight is 312 g/mol. The summed E-state index contributed by atoms with van der Waals surface area (Å²) in [5, 5.41) is 0. The summed E-state index contributed by atoms with van der Waals surface area (Å²) in [5.74, 6) is 0.495. The van der Waals surface area contributed by atoms with Crippen molar-refractivity contribution in [2.45, 2.75) is 38.5 Å². The van der Waals surface area contributed by atoms with Gasteiger partial charge in [-0.05, 0) is 19.3 Å². The number of carbonyl (C=O) groups excluding carboxylic acids is 2. The predicted octanol–water partition coefficient (Wildman–Crippen LogP) is 1.04. The van der Waals surface area contributed by atoms with Gasteiger partial charge in [0.05, 0.1) is 26.4 Å². The first-order valence-corrected chi connectivity index (χ1v) is 8.48. The fourth-order valence-electron chi connectivity index (χ4n) is 2.89. The fourth-order valence-corrected chi connectivity index (χ4v) is 2.89. The zero-order chi connectivity index (χ0) is 15.6. The van der Waals surface area contributed by atoms with E-state index < -0.39 is 0 Å². The van der Waals surface area contributed by atoms with Crippen LogP contribution in [0.3, 0.4) is 0 Å². The highest BCUT2D eigenvalue weighted by atomic mass is 16.5. The molecule has 2 heterocycles. The topological polar surface area (TPSA) is 59.1 Å². The molecular weight excluding hydrogens is 284 g/mol. The van der Waals surface area contributed by atoms with E-state index in [1.807, 2.05) is 9.80 Å². The lowest BCUT2D eigenvalue weighted by atomic mass is 10.2. The van der Waals surface area contributed by atoms with Crippen molar-refractivity contribution in [3.05, 3.63) is 0 Å². The number of hydrogen-bond donors (Lipinski definition) is 0. The summed E-state index contributed by atoms with van der Waals surface area (Å²) in [7, 11) is 0. The molecule has 0 unspecified atom stereocenters.